The molecule has 0 bridgehead atoms. The van der Waals surface area contributed by atoms with Crippen LogP contribution in [0.3, 0.4) is 0 Å². The van der Waals surface area contributed by atoms with Crippen molar-refractivity contribution in [3.05, 3.63) is 46.5 Å². The lowest BCUT2D eigenvalue weighted by Gasteiger charge is -2.28. The summed E-state index contributed by atoms with van der Waals surface area (Å²) < 4.78 is 18.3. The lowest BCUT2D eigenvalue weighted by atomic mass is 10.0. The van der Waals surface area contributed by atoms with E-state index >= 15 is 0 Å². The molecule has 0 spiro atoms. The first-order valence-corrected chi connectivity index (χ1v) is 9.27. The Bertz CT molecular complexity index is 919. The van der Waals surface area contributed by atoms with Crippen molar-refractivity contribution in [1.29, 1.82) is 0 Å². The molecule has 1 aliphatic rings. The van der Waals surface area contributed by atoms with E-state index in [1.165, 1.54) is 6.07 Å². The molecule has 0 saturated carbocycles. The van der Waals surface area contributed by atoms with Crippen LogP contribution in [0.1, 0.15) is 29.8 Å². The number of nitrogens with one attached hydrogen (secondary N) is 1. The van der Waals surface area contributed by atoms with Gasteiger partial charge in [0.1, 0.15) is 18.2 Å². The molecule has 2 amide bonds. The number of aliphatic hydroxyl groups is 1. The van der Waals surface area contributed by atoms with Gasteiger partial charge in [0.25, 0.3) is 0 Å². The first-order valence-electron chi connectivity index (χ1n) is 8.50. The Kier molecular flexibility index (Phi) is 6.16. The van der Waals surface area contributed by atoms with E-state index in [1.807, 2.05) is 6.08 Å². The molecule has 27 heavy (non-hydrogen) atoms. The van der Waals surface area contributed by atoms with Crippen molar-refractivity contribution in [1.82, 2.24) is 14.3 Å². The van der Waals surface area contributed by atoms with Crippen LogP contribution in [-0.4, -0.2) is 45.1 Å². The van der Waals surface area contributed by atoms with E-state index in [-0.39, 0.29) is 18.5 Å². The average molecular weight is 386 g/mol. The number of aliphatic hydroxyl groups excluding tert-OH is 1. The lowest BCUT2D eigenvalue weighted by molar-refractivity contribution is 0.208. The molecule has 2 heterocycles. The number of likely N-dealkylation sites (tertiary alicyclic amines) is 1. The number of hydrogen-bond donors (Lipinski definition) is 2. The van der Waals surface area contributed by atoms with Crippen molar-refractivity contribution in [3.63, 3.8) is 0 Å². The van der Waals surface area contributed by atoms with E-state index in [4.69, 9.17) is 5.11 Å². The smallest absolute Gasteiger partial charge is 0.323 e. The summed E-state index contributed by atoms with van der Waals surface area (Å²) in [7, 11) is 0. The summed E-state index contributed by atoms with van der Waals surface area (Å²) in [5, 5.41) is 11.9. The van der Waals surface area contributed by atoms with Gasteiger partial charge in [-0.05, 0) is 31.9 Å². The minimum Gasteiger partial charge on any atom is -0.384 e. The van der Waals surface area contributed by atoms with E-state index in [9.17, 15) is 9.18 Å². The fraction of sp³-hybridized carbons (Fsp3) is 0.316. The van der Waals surface area contributed by atoms with Gasteiger partial charge in [-0.1, -0.05) is 29.6 Å². The number of hydrogen-bond acceptors (Lipinski definition) is 5. The minimum absolute atomic E-state index is 0.191. The van der Waals surface area contributed by atoms with Crippen molar-refractivity contribution < 1.29 is 14.3 Å². The summed E-state index contributed by atoms with van der Waals surface area (Å²) in [6, 6.07) is 4.58. The number of nitrogens with zero attached hydrogens (tertiary/aromatic N) is 3. The van der Waals surface area contributed by atoms with E-state index in [2.05, 4.69) is 26.5 Å². The van der Waals surface area contributed by atoms with Crippen LogP contribution in [0.15, 0.2) is 23.8 Å². The number of carbonyl (C=O) groups excluding carboxylic acids is 1. The van der Waals surface area contributed by atoms with Crippen molar-refractivity contribution in [3.8, 4) is 11.8 Å². The highest BCUT2D eigenvalue weighted by Crippen LogP contribution is 2.22. The second-order valence-electron chi connectivity index (χ2n) is 6.06. The van der Waals surface area contributed by atoms with Gasteiger partial charge >= 0.3 is 6.03 Å². The number of aromatic nitrogens is 2. The zero-order valence-electron chi connectivity index (χ0n) is 14.8. The number of rotatable bonds is 2. The lowest BCUT2D eigenvalue weighted by Crippen LogP contribution is -2.39. The molecule has 8 heteroatoms. The Morgan fingerprint density at radius 3 is 2.85 bits per heavy atom. The van der Waals surface area contributed by atoms with Crippen LogP contribution in [-0.2, 0) is 0 Å². The highest BCUT2D eigenvalue weighted by Gasteiger charge is 2.20. The van der Waals surface area contributed by atoms with Crippen LogP contribution in [0.5, 0.6) is 0 Å². The number of benzene rings is 1. The number of anilines is 1. The Morgan fingerprint density at radius 2 is 2.22 bits per heavy atom. The van der Waals surface area contributed by atoms with Gasteiger partial charge in [-0.25, -0.2) is 14.2 Å². The van der Waals surface area contributed by atoms with Crippen LogP contribution in [0.2, 0.25) is 0 Å². The third kappa shape index (κ3) is 5.12. The maximum Gasteiger partial charge on any atom is 0.323 e. The molecule has 1 aromatic carbocycles. The third-order valence-corrected chi connectivity index (χ3v) is 4.83. The molecule has 1 aliphatic heterocycles. The standard InChI is InChI=1S/C19H19FN4O2S/c1-13-21-18(27-23-13)22-19(26)24-8-6-15(7-9-24)11-16-5-4-14(3-2-10-25)12-17(16)20/h4-5,11-12,25H,6-10H2,1H3,(H,21,22,23,26). The number of carbonyl (C=O) groups is 1. The largest absolute Gasteiger partial charge is 0.384 e. The zero-order chi connectivity index (χ0) is 19.2. The Hall–Kier alpha value is -2.76. The molecule has 1 fully saturated rings. The Labute approximate surface area is 160 Å². The van der Waals surface area contributed by atoms with Gasteiger partial charge in [-0.15, -0.1) is 0 Å². The fourth-order valence-electron chi connectivity index (χ4n) is 2.74. The molecule has 0 atom stereocenters. The zero-order valence-corrected chi connectivity index (χ0v) is 15.6. The number of aryl methyl sites for hydroxylation is 1. The third-order valence-electron chi connectivity index (χ3n) is 4.11. The van der Waals surface area contributed by atoms with Gasteiger partial charge in [0.05, 0.1) is 0 Å². The molecule has 1 saturated heterocycles. The first-order chi connectivity index (χ1) is 13.0. The van der Waals surface area contributed by atoms with Crippen molar-refractivity contribution in [2.24, 2.45) is 0 Å². The maximum absolute atomic E-state index is 14.2. The molecule has 1 aromatic heterocycles. The van der Waals surface area contributed by atoms with Gasteiger partial charge in [-0.3, -0.25) is 5.32 Å². The van der Waals surface area contributed by atoms with Gasteiger partial charge in [0, 0.05) is 35.7 Å². The van der Waals surface area contributed by atoms with Crippen LogP contribution in [0.25, 0.3) is 6.08 Å². The summed E-state index contributed by atoms with van der Waals surface area (Å²) in [6.07, 6.45) is 3.21. The maximum atomic E-state index is 14.2. The normalized spacial score (nSPS) is 13.7. The van der Waals surface area contributed by atoms with Crippen LogP contribution < -0.4 is 5.32 Å². The van der Waals surface area contributed by atoms with Crippen molar-refractivity contribution in [2.75, 3.05) is 25.0 Å². The number of piperidine rings is 1. The number of amides is 2. The van der Waals surface area contributed by atoms with Gasteiger partial charge in [0.2, 0.25) is 5.13 Å². The second kappa shape index (κ2) is 8.75. The summed E-state index contributed by atoms with van der Waals surface area (Å²) in [6.45, 7) is 2.65. The quantitative estimate of drug-likeness (QED) is 0.778. The van der Waals surface area contributed by atoms with E-state index in [0.29, 0.717) is 48.0 Å². The highest BCUT2D eigenvalue weighted by atomic mass is 32.1. The molecule has 3 rings (SSSR count). The predicted octanol–water partition coefficient (Wildman–Crippen LogP) is 3.04. The number of urea groups is 1. The first kappa shape index (κ1) is 19.0. The van der Waals surface area contributed by atoms with Gasteiger partial charge in [-0.2, -0.15) is 4.37 Å². The topological polar surface area (TPSA) is 78.4 Å². The molecule has 2 N–H and O–H groups in total. The van der Waals surface area contributed by atoms with Crippen molar-refractivity contribution >= 4 is 28.8 Å². The van der Waals surface area contributed by atoms with Gasteiger partial charge < -0.3 is 10.0 Å². The van der Waals surface area contributed by atoms with E-state index in [0.717, 1.165) is 17.1 Å². The molecular formula is C19H19FN4O2S. The van der Waals surface area contributed by atoms with Crippen LogP contribution in [0.4, 0.5) is 14.3 Å². The monoisotopic (exact) mass is 386 g/mol. The summed E-state index contributed by atoms with van der Waals surface area (Å²) in [5.74, 6) is 5.47. The molecule has 140 valence electrons. The molecule has 0 radical (unpaired) electrons. The minimum atomic E-state index is -0.348. The summed E-state index contributed by atoms with van der Waals surface area (Å²) in [4.78, 5) is 18.1. The predicted molar refractivity (Wildman–Crippen MR) is 103 cm³/mol. The van der Waals surface area contributed by atoms with Crippen molar-refractivity contribution in [2.45, 2.75) is 19.8 Å². The molecule has 6 nitrogen and oxygen atoms in total. The number of halogens is 1. The van der Waals surface area contributed by atoms with E-state index < -0.39 is 0 Å². The second-order valence-corrected chi connectivity index (χ2v) is 6.81. The van der Waals surface area contributed by atoms with Crippen LogP contribution >= 0.6 is 11.5 Å². The summed E-state index contributed by atoms with van der Waals surface area (Å²) in [5.41, 5.74) is 2.13. The molecule has 0 aliphatic carbocycles. The average Bonchev–Trinajstić information content (AvgIpc) is 3.07. The molecular weight excluding hydrogens is 367 g/mol. The SMILES string of the molecule is Cc1nsc(NC(=O)N2CCC(=Cc3ccc(C#CCO)cc3F)CC2)n1. The van der Waals surface area contributed by atoms with E-state index in [1.54, 1.807) is 24.0 Å². The molecule has 2 aromatic rings. The highest BCUT2D eigenvalue weighted by molar-refractivity contribution is 7.09. The van der Waals surface area contributed by atoms with Gasteiger partial charge in [0.15, 0.2) is 0 Å². The fourth-order valence-corrected chi connectivity index (χ4v) is 3.31. The summed E-state index contributed by atoms with van der Waals surface area (Å²) >= 11 is 1.16. The molecule has 0 unspecified atom stereocenters. The van der Waals surface area contributed by atoms with Crippen LogP contribution in [0, 0.1) is 24.6 Å². The Morgan fingerprint density at radius 1 is 1.44 bits per heavy atom. The Balaban J connectivity index is 1.59.